The fraction of sp³-hybridized carbons (Fsp3) is 0.125. The molecule has 2 aromatic carbocycles. The standard InChI is InChI=1S/C16H17N3O4/c1-23-12-8-6-11(7-9-12)10-17-16(22)19-18-15(21)13-4-2-3-5-14(13)20/h2-9,20H,10H2,1H3,(H,18,21)(H2,17,19,22). The maximum atomic E-state index is 11.8. The first-order valence-electron chi connectivity index (χ1n) is 6.85. The van der Waals surface area contributed by atoms with E-state index in [9.17, 15) is 14.7 Å². The van der Waals surface area contributed by atoms with Crippen LogP contribution in [0.1, 0.15) is 15.9 Å². The van der Waals surface area contributed by atoms with Gasteiger partial charge in [0.15, 0.2) is 0 Å². The van der Waals surface area contributed by atoms with Crippen LogP contribution in [0.2, 0.25) is 0 Å². The highest BCUT2D eigenvalue weighted by Gasteiger charge is 2.10. The molecular weight excluding hydrogens is 298 g/mol. The lowest BCUT2D eigenvalue weighted by molar-refractivity contribution is 0.0933. The molecule has 4 N–H and O–H groups in total. The molecule has 0 spiro atoms. The number of phenolic OH excluding ortho intramolecular Hbond substituents is 1. The zero-order chi connectivity index (χ0) is 16.7. The molecule has 2 rings (SSSR count). The number of nitrogens with one attached hydrogen (secondary N) is 3. The lowest BCUT2D eigenvalue weighted by atomic mass is 10.2. The topological polar surface area (TPSA) is 99.7 Å². The molecule has 0 aromatic heterocycles. The molecule has 0 atom stereocenters. The number of hydrazine groups is 1. The second-order valence-corrected chi connectivity index (χ2v) is 4.63. The van der Waals surface area contributed by atoms with E-state index < -0.39 is 11.9 Å². The zero-order valence-corrected chi connectivity index (χ0v) is 12.5. The molecule has 0 unspecified atom stereocenters. The molecule has 3 amide bonds. The number of benzene rings is 2. The predicted molar refractivity (Wildman–Crippen MR) is 83.9 cm³/mol. The molecule has 0 aliphatic carbocycles. The van der Waals surface area contributed by atoms with Crippen molar-refractivity contribution < 1.29 is 19.4 Å². The minimum absolute atomic E-state index is 0.0722. The predicted octanol–water partition coefficient (Wildman–Crippen LogP) is 1.54. The number of amides is 3. The number of rotatable bonds is 4. The van der Waals surface area contributed by atoms with Crippen LogP contribution in [0.25, 0.3) is 0 Å². The van der Waals surface area contributed by atoms with Crippen LogP contribution < -0.4 is 20.9 Å². The summed E-state index contributed by atoms with van der Waals surface area (Å²) in [7, 11) is 1.58. The number of carbonyl (C=O) groups excluding carboxylic acids is 2. The SMILES string of the molecule is COc1ccc(CNC(=O)NNC(=O)c2ccccc2O)cc1. The lowest BCUT2D eigenvalue weighted by Crippen LogP contribution is -2.46. The van der Waals surface area contributed by atoms with E-state index in [1.54, 1.807) is 31.4 Å². The summed E-state index contributed by atoms with van der Waals surface area (Å²) < 4.78 is 5.04. The number of hydrogen-bond acceptors (Lipinski definition) is 4. The normalized spacial score (nSPS) is 9.78. The van der Waals surface area contributed by atoms with Gasteiger partial charge in [-0.2, -0.15) is 0 Å². The summed E-state index contributed by atoms with van der Waals surface area (Å²) in [6.45, 7) is 0.294. The van der Waals surface area contributed by atoms with Crippen molar-refractivity contribution in [2.75, 3.05) is 7.11 Å². The highest BCUT2D eigenvalue weighted by molar-refractivity contribution is 5.97. The van der Waals surface area contributed by atoms with E-state index in [4.69, 9.17) is 4.74 Å². The first-order chi connectivity index (χ1) is 11.1. The van der Waals surface area contributed by atoms with Gasteiger partial charge in [0.25, 0.3) is 5.91 Å². The van der Waals surface area contributed by atoms with Crippen molar-refractivity contribution in [2.24, 2.45) is 0 Å². The second kappa shape index (κ2) is 7.69. The molecule has 0 aliphatic rings. The highest BCUT2D eigenvalue weighted by Crippen LogP contribution is 2.14. The van der Waals surface area contributed by atoms with Crippen molar-refractivity contribution in [3.05, 3.63) is 59.7 Å². The molecule has 120 valence electrons. The Balaban J connectivity index is 1.78. The summed E-state index contributed by atoms with van der Waals surface area (Å²) in [5.74, 6) is -0.0405. The molecule has 7 nitrogen and oxygen atoms in total. The fourth-order valence-electron chi connectivity index (χ4n) is 1.82. The highest BCUT2D eigenvalue weighted by atomic mass is 16.5. The average molecular weight is 315 g/mol. The monoisotopic (exact) mass is 315 g/mol. The van der Waals surface area contributed by atoms with Crippen LogP contribution >= 0.6 is 0 Å². The van der Waals surface area contributed by atoms with Crippen molar-refractivity contribution in [3.8, 4) is 11.5 Å². The van der Waals surface area contributed by atoms with Crippen molar-refractivity contribution in [2.45, 2.75) is 6.54 Å². The van der Waals surface area contributed by atoms with Crippen LogP contribution in [0.3, 0.4) is 0 Å². The third-order valence-electron chi connectivity index (χ3n) is 3.05. The zero-order valence-electron chi connectivity index (χ0n) is 12.5. The third kappa shape index (κ3) is 4.63. The minimum Gasteiger partial charge on any atom is -0.507 e. The quantitative estimate of drug-likeness (QED) is 0.643. The Bertz CT molecular complexity index is 686. The Hall–Kier alpha value is -3.22. The van der Waals surface area contributed by atoms with Gasteiger partial charge in [-0.1, -0.05) is 24.3 Å². The van der Waals surface area contributed by atoms with Crippen molar-refractivity contribution >= 4 is 11.9 Å². The number of carbonyl (C=O) groups is 2. The Kier molecular flexibility index (Phi) is 5.40. The minimum atomic E-state index is -0.609. The molecule has 0 heterocycles. The Morgan fingerprint density at radius 3 is 2.39 bits per heavy atom. The van der Waals surface area contributed by atoms with Crippen LogP contribution in [0, 0.1) is 0 Å². The second-order valence-electron chi connectivity index (χ2n) is 4.63. The van der Waals surface area contributed by atoms with Crippen LogP contribution in [-0.4, -0.2) is 24.2 Å². The number of urea groups is 1. The van der Waals surface area contributed by atoms with Gasteiger partial charge in [0, 0.05) is 6.54 Å². The maximum absolute atomic E-state index is 11.8. The Morgan fingerprint density at radius 1 is 1.04 bits per heavy atom. The van der Waals surface area contributed by atoms with Crippen molar-refractivity contribution in [1.82, 2.24) is 16.2 Å². The summed E-state index contributed by atoms with van der Waals surface area (Å²) in [5, 5.41) is 12.1. The molecule has 7 heteroatoms. The number of ether oxygens (including phenoxy) is 1. The summed E-state index contributed by atoms with van der Waals surface area (Å²) in [6.07, 6.45) is 0. The largest absolute Gasteiger partial charge is 0.507 e. The number of para-hydroxylation sites is 1. The first-order valence-corrected chi connectivity index (χ1v) is 6.85. The van der Waals surface area contributed by atoms with Crippen LogP contribution in [-0.2, 0) is 6.54 Å². The van der Waals surface area contributed by atoms with Gasteiger partial charge in [-0.25, -0.2) is 10.2 Å². The first kappa shape index (κ1) is 16.2. The van der Waals surface area contributed by atoms with Gasteiger partial charge >= 0.3 is 6.03 Å². The van der Waals surface area contributed by atoms with Gasteiger partial charge in [0.05, 0.1) is 12.7 Å². The van der Waals surface area contributed by atoms with Gasteiger partial charge in [-0.05, 0) is 29.8 Å². The molecule has 0 saturated heterocycles. The number of phenols is 1. The summed E-state index contributed by atoms with van der Waals surface area (Å²) in [6, 6.07) is 12.7. The number of methoxy groups -OCH3 is 1. The van der Waals surface area contributed by atoms with E-state index in [0.717, 1.165) is 11.3 Å². The van der Waals surface area contributed by atoms with Crippen LogP contribution in [0.5, 0.6) is 11.5 Å². The Morgan fingerprint density at radius 2 is 1.74 bits per heavy atom. The summed E-state index contributed by atoms with van der Waals surface area (Å²) in [5.41, 5.74) is 5.38. The fourth-order valence-corrected chi connectivity index (χ4v) is 1.82. The molecular formula is C16H17N3O4. The van der Waals surface area contributed by atoms with Crippen molar-refractivity contribution in [3.63, 3.8) is 0 Å². The lowest BCUT2D eigenvalue weighted by Gasteiger charge is -2.10. The third-order valence-corrected chi connectivity index (χ3v) is 3.05. The van der Waals surface area contributed by atoms with Gasteiger partial charge in [-0.15, -0.1) is 0 Å². The van der Waals surface area contributed by atoms with E-state index in [1.165, 1.54) is 12.1 Å². The van der Waals surface area contributed by atoms with Crippen LogP contribution in [0.4, 0.5) is 4.79 Å². The van der Waals surface area contributed by atoms with E-state index in [-0.39, 0.29) is 11.3 Å². The molecule has 0 radical (unpaired) electrons. The molecule has 0 fully saturated rings. The Labute approximate surface area is 133 Å². The van der Waals surface area contributed by atoms with E-state index >= 15 is 0 Å². The molecule has 2 aromatic rings. The van der Waals surface area contributed by atoms with Gasteiger partial charge in [-0.3, -0.25) is 10.2 Å². The van der Waals surface area contributed by atoms with Gasteiger partial charge in [0.2, 0.25) is 0 Å². The van der Waals surface area contributed by atoms with Gasteiger partial charge in [0.1, 0.15) is 11.5 Å². The van der Waals surface area contributed by atoms with E-state index in [0.29, 0.717) is 6.54 Å². The van der Waals surface area contributed by atoms with Crippen LogP contribution in [0.15, 0.2) is 48.5 Å². The molecule has 0 saturated carbocycles. The number of hydrogen-bond donors (Lipinski definition) is 4. The average Bonchev–Trinajstić information content (AvgIpc) is 2.58. The summed E-state index contributed by atoms with van der Waals surface area (Å²) in [4.78, 5) is 23.4. The molecule has 0 aliphatic heterocycles. The molecule has 23 heavy (non-hydrogen) atoms. The maximum Gasteiger partial charge on any atom is 0.333 e. The van der Waals surface area contributed by atoms with Crippen molar-refractivity contribution in [1.29, 1.82) is 0 Å². The summed E-state index contributed by atoms with van der Waals surface area (Å²) >= 11 is 0. The smallest absolute Gasteiger partial charge is 0.333 e. The van der Waals surface area contributed by atoms with E-state index in [2.05, 4.69) is 16.2 Å². The van der Waals surface area contributed by atoms with Gasteiger partial charge < -0.3 is 15.2 Å². The number of aromatic hydroxyl groups is 1. The van der Waals surface area contributed by atoms with E-state index in [1.807, 2.05) is 12.1 Å². The molecule has 0 bridgehead atoms.